The largest absolute Gasteiger partial charge is 0.462 e. The molecule has 1 fully saturated rings. The van der Waals surface area contributed by atoms with Crippen molar-refractivity contribution in [3.8, 4) is 0 Å². The van der Waals surface area contributed by atoms with Gasteiger partial charge in [0.1, 0.15) is 0 Å². The van der Waals surface area contributed by atoms with E-state index in [-0.39, 0.29) is 5.97 Å². The zero-order valence-corrected chi connectivity index (χ0v) is 7.90. The molecule has 0 aromatic heterocycles. The standard InChI is InChI=1S/C11H13NO2/c12-10-5-3-9(4-6-10)11(13)14-7-8-1-2-8/h3-6,8H,1-2,7,12H2. The summed E-state index contributed by atoms with van der Waals surface area (Å²) in [6.07, 6.45) is 2.38. The number of nitrogens with two attached hydrogens (primary N) is 1. The van der Waals surface area contributed by atoms with E-state index >= 15 is 0 Å². The number of ether oxygens (including phenoxy) is 1. The van der Waals surface area contributed by atoms with Gasteiger partial charge in [-0.3, -0.25) is 0 Å². The number of rotatable bonds is 3. The minimum Gasteiger partial charge on any atom is -0.462 e. The van der Waals surface area contributed by atoms with Crippen LogP contribution in [0.4, 0.5) is 5.69 Å². The summed E-state index contributed by atoms with van der Waals surface area (Å²) in [5.41, 5.74) is 6.73. The summed E-state index contributed by atoms with van der Waals surface area (Å²) in [4.78, 5) is 11.4. The molecule has 0 bridgehead atoms. The smallest absolute Gasteiger partial charge is 0.338 e. The Morgan fingerprint density at radius 3 is 2.57 bits per heavy atom. The highest BCUT2D eigenvalue weighted by Crippen LogP contribution is 2.29. The Kier molecular flexibility index (Phi) is 2.39. The molecule has 0 spiro atoms. The molecule has 14 heavy (non-hydrogen) atoms. The summed E-state index contributed by atoms with van der Waals surface area (Å²) >= 11 is 0. The van der Waals surface area contributed by atoms with E-state index in [0.29, 0.717) is 23.8 Å². The van der Waals surface area contributed by atoms with Crippen molar-refractivity contribution in [2.75, 3.05) is 12.3 Å². The lowest BCUT2D eigenvalue weighted by atomic mass is 10.2. The molecule has 74 valence electrons. The van der Waals surface area contributed by atoms with Crippen LogP contribution in [0.1, 0.15) is 23.2 Å². The van der Waals surface area contributed by atoms with Crippen LogP contribution in [-0.4, -0.2) is 12.6 Å². The van der Waals surface area contributed by atoms with Crippen LogP contribution < -0.4 is 5.73 Å². The molecule has 3 heteroatoms. The molecule has 3 nitrogen and oxygen atoms in total. The molecular weight excluding hydrogens is 178 g/mol. The van der Waals surface area contributed by atoms with Crippen LogP contribution >= 0.6 is 0 Å². The van der Waals surface area contributed by atoms with Gasteiger partial charge in [-0.15, -0.1) is 0 Å². The molecule has 0 amide bonds. The van der Waals surface area contributed by atoms with Crippen LogP contribution in [0.5, 0.6) is 0 Å². The van der Waals surface area contributed by atoms with Crippen LogP contribution in [0.25, 0.3) is 0 Å². The van der Waals surface area contributed by atoms with Crippen molar-refractivity contribution in [1.29, 1.82) is 0 Å². The van der Waals surface area contributed by atoms with E-state index in [2.05, 4.69) is 0 Å². The van der Waals surface area contributed by atoms with Crippen LogP contribution in [-0.2, 0) is 4.74 Å². The first-order valence-corrected chi connectivity index (χ1v) is 4.78. The lowest BCUT2D eigenvalue weighted by Gasteiger charge is -2.03. The second kappa shape index (κ2) is 3.70. The third-order valence-corrected chi connectivity index (χ3v) is 2.29. The Labute approximate surface area is 82.9 Å². The van der Waals surface area contributed by atoms with Crippen molar-refractivity contribution < 1.29 is 9.53 Å². The van der Waals surface area contributed by atoms with Gasteiger partial charge in [-0.25, -0.2) is 4.79 Å². The fourth-order valence-corrected chi connectivity index (χ4v) is 1.18. The van der Waals surface area contributed by atoms with Gasteiger partial charge >= 0.3 is 5.97 Å². The van der Waals surface area contributed by atoms with E-state index < -0.39 is 0 Å². The maximum Gasteiger partial charge on any atom is 0.338 e. The summed E-state index contributed by atoms with van der Waals surface area (Å²) in [6.45, 7) is 0.559. The van der Waals surface area contributed by atoms with Crippen molar-refractivity contribution in [2.45, 2.75) is 12.8 Å². The van der Waals surface area contributed by atoms with Crippen LogP contribution in [0.3, 0.4) is 0 Å². The highest BCUT2D eigenvalue weighted by molar-refractivity contribution is 5.89. The molecular formula is C11H13NO2. The van der Waals surface area contributed by atoms with Gasteiger partial charge < -0.3 is 10.5 Å². The maximum atomic E-state index is 11.4. The van der Waals surface area contributed by atoms with Gasteiger partial charge in [0.2, 0.25) is 0 Å². The SMILES string of the molecule is Nc1ccc(C(=O)OCC2CC2)cc1. The highest BCUT2D eigenvalue weighted by Gasteiger charge is 2.23. The Hall–Kier alpha value is -1.51. The predicted molar refractivity (Wildman–Crippen MR) is 53.9 cm³/mol. The monoisotopic (exact) mass is 191 g/mol. The van der Waals surface area contributed by atoms with Crippen LogP contribution in [0.2, 0.25) is 0 Å². The third kappa shape index (κ3) is 2.25. The minimum absolute atomic E-state index is 0.253. The number of anilines is 1. The van der Waals surface area contributed by atoms with Gasteiger partial charge in [-0.2, -0.15) is 0 Å². The molecule has 1 saturated carbocycles. The number of carbonyl (C=O) groups is 1. The summed E-state index contributed by atoms with van der Waals surface area (Å²) in [6, 6.07) is 6.77. The van der Waals surface area contributed by atoms with Crippen molar-refractivity contribution in [1.82, 2.24) is 0 Å². The molecule has 0 atom stereocenters. The number of benzene rings is 1. The summed E-state index contributed by atoms with van der Waals surface area (Å²) in [7, 11) is 0. The minimum atomic E-state index is -0.253. The molecule has 0 radical (unpaired) electrons. The normalized spacial score (nSPS) is 15.1. The molecule has 1 aromatic rings. The number of hydrogen-bond donors (Lipinski definition) is 1. The first-order chi connectivity index (χ1) is 6.75. The van der Waals surface area contributed by atoms with Gasteiger partial charge in [0.05, 0.1) is 12.2 Å². The third-order valence-electron chi connectivity index (χ3n) is 2.29. The predicted octanol–water partition coefficient (Wildman–Crippen LogP) is 1.84. The molecule has 2 N–H and O–H groups in total. The lowest BCUT2D eigenvalue weighted by molar-refractivity contribution is 0.0486. The Bertz CT molecular complexity index is 328. The van der Waals surface area contributed by atoms with Crippen molar-refractivity contribution >= 4 is 11.7 Å². The quantitative estimate of drug-likeness (QED) is 0.585. The molecule has 0 heterocycles. The fraction of sp³-hybridized carbons (Fsp3) is 0.364. The van der Waals surface area contributed by atoms with E-state index in [9.17, 15) is 4.79 Å². The van der Waals surface area contributed by atoms with E-state index in [1.807, 2.05) is 0 Å². The Balaban J connectivity index is 1.92. The first-order valence-electron chi connectivity index (χ1n) is 4.78. The lowest BCUT2D eigenvalue weighted by Crippen LogP contribution is -2.07. The maximum absolute atomic E-state index is 11.4. The van der Waals surface area contributed by atoms with Gasteiger partial charge in [0, 0.05) is 5.69 Å². The van der Waals surface area contributed by atoms with Gasteiger partial charge in [0.25, 0.3) is 0 Å². The van der Waals surface area contributed by atoms with E-state index in [1.165, 1.54) is 12.8 Å². The molecule has 0 unspecified atom stereocenters. The molecule has 0 aliphatic heterocycles. The second-order valence-corrected chi connectivity index (χ2v) is 3.66. The zero-order chi connectivity index (χ0) is 9.97. The molecule has 1 aromatic carbocycles. The van der Waals surface area contributed by atoms with Crippen molar-refractivity contribution in [3.63, 3.8) is 0 Å². The Morgan fingerprint density at radius 2 is 2.00 bits per heavy atom. The van der Waals surface area contributed by atoms with Crippen molar-refractivity contribution in [2.24, 2.45) is 5.92 Å². The summed E-state index contributed by atoms with van der Waals surface area (Å²) in [5.74, 6) is 0.352. The summed E-state index contributed by atoms with van der Waals surface area (Å²) < 4.78 is 5.11. The fourth-order valence-electron chi connectivity index (χ4n) is 1.18. The zero-order valence-electron chi connectivity index (χ0n) is 7.90. The summed E-state index contributed by atoms with van der Waals surface area (Å²) in [5, 5.41) is 0. The molecule has 2 rings (SSSR count). The Morgan fingerprint density at radius 1 is 1.36 bits per heavy atom. The number of esters is 1. The number of carbonyl (C=O) groups excluding carboxylic acids is 1. The van der Waals surface area contributed by atoms with E-state index in [0.717, 1.165) is 0 Å². The first kappa shape index (κ1) is 9.06. The number of nitrogen functional groups attached to an aromatic ring is 1. The van der Waals surface area contributed by atoms with Gasteiger partial charge in [-0.05, 0) is 43.0 Å². The molecule has 0 saturated heterocycles. The van der Waals surface area contributed by atoms with E-state index in [4.69, 9.17) is 10.5 Å². The van der Waals surface area contributed by atoms with E-state index in [1.54, 1.807) is 24.3 Å². The average molecular weight is 191 g/mol. The van der Waals surface area contributed by atoms with Crippen molar-refractivity contribution in [3.05, 3.63) is 29.8 Å². The van der Waals surface area contributed by atoms with Gasteiger partial charge in [-0.1, -0.05) is 0 Å². The van der Waals surface area contributed by atoms with Gasteiger partial charge in [0.15, 0.2) is 0 Å². The highest BCUT2D eigenvalue weighted by atomic mass is 16.5. The molecule has 1 aliphatic carbocycles. The van der Waals surface area contributed by atoms with Crippen LogP contribution in [0, 0.1) is 5.92 Å². The second-order valence-electron chi connectivity index (χ2n) is 3.66. The van der Waals surface area contributed by atoms with Crippen LogP contribution in [0.15, 0.2) is 24.3 Å². The number of hydrogen-bond acceptors (Lipinski definition) is 3. The molecule has 1 aliphatic rings. The topological polar surface area (TPSA) is 52.3 Å². The average Bonchev–Trinajstić information content (AvgIpc) is 2.99.